The fourth-order valence-corrected chi connectivity index (χ4v) is 3.90. The summed E-state index contributed by atoms with van der Waals surface area (Å²) in [4.78, 5) is 30.5. The molecule has 9 heteroatoms. The van der Waals surface area contributed by atoms with Crippen LogP contribution in [0, 0.1) is 13.8 Å². The third kappa shape index (κ3) is 6.10. The van der Waals surface area contributed by atoms with E-state index >= 15 is 0 Å². The van der Waals surface area contributed by atoms with Gasteiger partial charge in [0.05, 0.1) is 31.0 Å². The summed E-state index contributed by atoms with van der Waals surface area (Å²) >= 11 is 0. The van der Waals surface area contributed by atoms with E-state index < -0.39 is 12.6 Å². The smallest absolute Gasteiger partial charge is 0.387 e. The number of aromatic amines is 1. The fraction of sp³-hybridized carbons (Fsp3) is 0.500. The van der Waals surface area contributed by atoms with E-state index in [9.17, 15) is 18.4 Å². The average Bonchev–Trinajstić information content (AvgIpc) is 3.54. The highest BCUT2D eigenvalue weighted by Crippen LogP contribution is 2.33. The zero-order valence-corrected chi connectivity index (χ0v) is 19.4. The number of aryl methyl sites for hydroxylation is 1. The molecule has 1 heterocycles. The van der Waals surface area contributed by atoms with Gasteiger partial charge in [0.15, 0.2) is 17.3 Å². The van der Waals surface area contributed by atoms with E-state index in [1.54, 1.807) is 39.8 Å². The summed E-state index contributed by atoms with van der Waals surface area (Å²) < 4.78 is 40.5. The Kier molecular flexibility index (Phi) is 8.07. The van der Waals surface area contributed by atoms with Crippen LogP contribution in [0.15, 0.2) is 18.2 Å². The zero-order valence-electron chi connectivity index (χ0n) is 19.4. The Labute approximate surface area is 192 Å². The maximum atomic E-state index is 13.1. The number of esters is 1. The van der Waals surface area contributed by atoms with E-state index in [1.165, 1.54) is 6.07 Å². The molecule has 33 heavy (non-hydrogen) atoms. The van der Waals surface area contributed by atoms with Gasteiger partial charge >= 0.3 is 12.6 Å². The van der Waals surface area contributed by atoms with Crippen molar-refractivity contribution in [2.75, 3.05) is 19.8 Å². The van der Waals surface area contributed by atoms with Crippen LogP contribution in [0.5, 0.6) is 11.5 Å². The molecule has 1 N–H and O–H groups in total. The molecular weight excluding hydrogens is 434 g/mol. The Hall–Kier alpha value is -2.94. The van der Waals surface area contributed by atoms with Crippen LogP contribution in [-0.2, 0) is 11.3 Å². The quantitative estimate of drug-likeness (QED) is 0.364. The van der Waals surface area contributed by atoms with Crippen molar-refractivity contribution in [1.29, 1.82) is 0 Å². The van der Waals surface area contributed by atoms with E-state index in [4.69, 9.17) is 9.47 Å². The number of hydrogen-bond donors (Lipinski definition) is 1. The maximum absolute atomic E-state index is 13.1. The molecule has 0 unspecified atom stereocenters. The van der Waals surface area contributed by atoms with E-state index in [2.05, 4.69) is 14.6 Å². The molecule has 3 rings (SSSR count). The minimum absolute atomic E-state index is 0.0198. The number of benzene rings is 1. The molecule has 7 nitrogen and oxygen atoms in total. The SMILES string of the molecule is CCOC(=O)c1c(C)[nH]c(C(=O)CN(Cc2ccc(OC(F)F)c(OCC)c2)C2CC2)c1C. The molecule has 0 saturated heterocycles. The summed E-state index contributed by atoms with van der Waals surface area (Å²) in [6.45, 7) is 5.21. The van der Waals surface area contributed by atoms with Gasteiger partial charge in [0.1, 0.15) is 0 Å². The highest BCUT2D eigenvalue weighted by Gasteiger charge is 2.32. The standard InChI is InChI=1S/C24H30F2N2O5/c1-5-31-20-11-16(7-10-19(20)33-24(25)26)12-28(17-8-9-17)13-18(29)22-14(3)21(15(4)27-22)23(30)32-6-2/h7,10-11,17,24,27H,5-6,8-9,12-13H2,1-4H3. The number of carbonyl (C=O) groups excluding carboxylic acids is 2. The van der Waals surface area contributed by atoms with E-state index in [0.29, 0.717) is 35.7 Å². The highest BCUT2D eigenvalue weighted by molar-refractivity contribution is 6.02. The Morgan fingerprint density at radius 3 is 2.48 bits per heavy atom. The van der Waals surface area contributed by atoms with Crippen LogP contribution in [0.4, 0.5) is 8.78 Å². The number of rotatable bonds is 12. The van der Waals surface area contributed by atoms with Gasteiger partial charge in [-0.1, -0.05) is 6.07 Å². The Morgan fingerprint density at radius 2 is 1.88 bits per heavy atom. The number of nitrogens with one attached hydrogen (secondary N) is 1. The molecule has 1 aliphatic carbocycles. The monoisotopic (exact) mass is 464 g/mol. The van der Waals surface area contributed by atoms with Gasteiger partial charge < -0.3 is 19.2 Å². The lowest BCUT2D eigenvalue weighted by atomic mass is 10.1. The Bertz CT molecular complexity index is 1000. The first-order chi connectivity index (χ1) is 15.7. The number of ketones is 1. The zero-order chi connectivity index (χ0) is 24.1. The first-order valence-corrected chi connectivity index (χ1v) is 11.1. The lowest BCUT2D eigenvalue weighted by molar-refractivity contribution is -0.0514. The molecule has 0 bridgehead atoms. The second kappa shape index (κ2) is 10.8. The molecule has 0 atom stereocenters. The van der Waals surface area contributed by atoms with Gasteiger partial charge in [-0.15, -0.1) is 0 Å². The Morgan fingerprint density at radius 1 is 1.15 bits per heavy atom. The topological polar surface area (TPSA) is 80.9 Å². The largest absolute Gasteiger partial charge is 0.490 e. The van der Waals surface area contributed by atoms with Crippen LogP contribution >= 0.6 is 0 Å². The van der Waals surface area contributed by atoms with Crippen LogP contribution in [0.3, 0.4) is 0 Å². The summed E-state index contributed by atoms with van der Waals surface area (Å²) in [5.41, 5.74) is 2.81. The minimum atomic E-state index is -2.94. The molecule has 1 saturated carbocycles. The van der Waals surface area contributed by atoms with Crippen molar-refractivity contribution in [1.82, 2.24) is 9.88 Å². The first kappa shape index (κ1) is 24.7. The number of H-pyrrole nitrogens is 1. The fourth-order valence-electron chi connectivity index (χ4n) is 3.90. The molecule has 0 radical (unpaired) electrons. The number of Topliss-reactive ketones (excluding diaryl/α,β-unsaturated/α-hetero) is 1. The van der Waals surface area contributed by atoms with E-state index in [0.717, 1.165) is 18.4 Å². The predicted molar refractivity (Wildman–Crippen MR) is 118 cm³/mol. The van der Waals surface area contributed by atoms with Crippen LogP contribution < -0.4 is 9.47 Å². The van der Waals surface area contributed by atoms with Gasteiger partial charge in [-0.05, 0) is 63.8 Å². The molecule has 0 amide bonds. The lowest BCUT2D eigenvalue weighted by Crippen LogP contribution is -2.32. The van der Waals surface area contributed by atoms with Crippen LogP contribution in [0.2, 0.25) is 0 Å². The second-order valence-corrected chi connectivity index (χ2v) is 8.00. The molecule has 1 fully saturated rings. The van der Waals surface area contributed by atoms with Crippen molar-refractivity contribution in [3.8, 4) is 11.5 Å². The number of ether oxygens (including phenoxy) is 3. The molecule has 1 aliphatic rings. The highest BCUT2D eigenvalue weighted by atomic mass is 19.3. The third-order valence-electron chi connectivity index (χ3n) is 5.52. The minimum Gasteiger partial charge on any atom is -0.490 e. The second-order valence-electron chi connectivity index (χ2n) is 8.00. The van der Waals surface area contributed by atoms with Gasteiger partial charge in [0.2, 0.25) is 0 Å². The van der Waals surface area contributed by atoms with E-state index in [-0.39, 0.29) is 36.5 Å². The first-order valence-electron chi connectivity index (χ1n) is 11.1. The summed E-state index contributed by atoms with van der Waals surface area (Å²) in [7, 11) is 0. The number of halogens is 2. The van der Waals surface area contributed by atoms with E-state index in [1.807, 2.05) is 0 Å². The van der Waals surface area contributed by atoms with Crippen LogP contribution in [0.1, 0.15) is 64.4 Å². The molecule has 0 aliphatic heterocycles. The summed E-state index contributed by atoms with van der Waals surface area (Å²) in [5.74, 6) is -0.349. The van der Waals surface area contributed by atoms with Crippen LogP contribution in [-0.4, -0.2) is 54.0 Å². The number of alkyl halides is 2. The van der Waals surface area contributed by atoms with Gasteiger partial charge in [-0.25, -0.2) is 4.79 Å². The summed E-state index contributed by atoms with van der Waals surface area (Å²) in [6, 6.07) is 5.10. The van der Waals surface area contributed by atoms with Gasteiger partial charge in [0.25, 0.3) is 0 Å². The number of nitrogens with zero attached hydrogens (tertiary/aromatic N) is 1. The lowest BCUT2D eigenvalue weighted by Gasteiger charge is -2.22. The van der Waals surface area contributed by atoms with Gasteiger partial charge in [-0.2, -0.15) is 8.78 Å². The number of aromatic nitrogens is 1. The molecule has 1 aromatic carbocycles. The summed E-state index contributed by atoms with van der Waals surface area (Å²) in [5, 5.41) is 0. The number of carbonyl (C=O) groups is 2. The van der Waals surface area contributed by atoms with Crippen molar-refractivity contribution < 1.29 is 32.6 Å². The molecular formula is C24H30F2N2O5. The molecule has 180 valence electrons. The summed E-state index contributed by atoms with van der Waals surface area (Å²) in [6.07, 6.45) is 1.96. The third-order valence-corrected chi connectivity index (χ3v) is 5.52. The van der Waals surface area contributed by atoms with Crippen molar-refractivity contribution in [3.05, 3.63) is 46.3 Å². The average molecular weight is 465 g/mol. The molecule has 2 aromatic rings. The van der Waals surface area contributed by atoms with Crippen molar-refractivity contribution in [2.45, 2.75) is 59.7 Å². The van der Waals surface area contributed by atoms with Gasteiger partial charge in [-0.3, -0.25) is 9.69 Å². The van der Waals surface area contributed by atoms with Gasteiger partial charge in [0, 0.05) is 18.3 Å². The molecule has 1 aromatic heterocycles. The Balaban J connectivity index is 1.77. The van der Waals surface area contributed by atoms with Crippen molar-refractivity contribution >= 4 is 11.8 Å². The normalized spacial score (nSPS) is 13.5. The van der Waals surface area contributed by atoms with Crippen LogP contribution in [0.25, 0.3) is 0 Å². The molecule has 0 spiro atoms. The maximum Gasteiger partial charge on any atom is 0.387 e. The van der Waals surface area contributed by atoms with Crippen molar-refractivity contribution in [2.24, 2.45) is 0 Å². The predicted octanol–water partition coefficient (Wildman–Crippen LogP) is 4.66. The van der Waals surface area contributed by atoms with Crippen molar-refractivity contribution in [3.63, 3.8) is 0 Å². The number of hydrogen-bond acceptors (Lipinski definition) is 6.